The lowest BCUT2D eigenvalue weighted by atomic mass is 9.89. The van der Waals surface area contributed by atoms with Gasteiger partial charge in [-0.3, -0.25) is 14.5 Å². The predicted molar refractivity (Wildman–Crippen MR) is 115 cm³/mol. The van der Waals surface area contributed by atoms with Gasteiger partial charge in [-0.2, -0.15) is 0 Å². The van der Waals surface area contributed by atoms with Crippen LogP contribution >= 0.6 is 0 Å². The number of benzene rings is 2. The molecule has 1 aliphatic rings. The number of urea groups is 1. The summed E-state index contributed by atoms with van der Waals surface area (Å²) in [5, 5.41) is 12.1. The van der Waals surface area contributed by atoms with Crippen LogP contribution in [0.5, 0.6) is 5.75 Å². The second-order valence-electron chi connectivity index (χ2n) is 7.72. The normalized spacial score (nSPS) is 14.8. The number of aryl methyl sites for hydroxylation is 1. The maximum atomic E-state index is 13.1. The van der Waals surface area contributed by atoms with Crippen LogP contribution in [0.3, 0.4) is 0 Å². The molecule has 8 heteroatoms. The number of phenolic OH excluding ortho intramolecular Hbond substituents is 1. The Hall–Kier alpha value is -3.26. The molecule has 0 unspecified atom stereocenters. The van der Waals surface area contributed by atoms with Gasteiger partial charge in [0.05, 0.1) is 0 Å². The Morgan fingerprint density at radius 1 is 1.19 bits per heavy atom. The monoisotopic (exact) mass is 427 g/mol. The van der Waals surface area contributed by atoms with Crippen LogP contribution in [0.4, 0.5) is 14.9 Å². The lowest BCUT2D eigenvalue weighted by Gasteiger charge is -2.32. The SMILES string of the molecule is Cc1cc(O)ccc1NC(=O)N(C=O)CCN1CCC(C(=O)c2ccc(F)cc2)CC1. The average molecular weight is 427 g/mol. The Balaban J connectivity index is 1.47. The number of carbonyl (C=O) groups excluding carboxylic acids is 3. The summed E-state index contributed by atoms with van der Waals surface area (Å²) in [4.78, 5) is 39.6. The van der Waals surface area contributed by atoms with Crippen molar-refractivity contribution in [3.05, 3.63) is 59.4 Å². The van der Waals surface area contributed by atoms with Crippen LogP contribution in [0.25, 0.3) is 0 Å². The van der Waals surface area contributed by atoms with Gasteiger partial charge >= 0.3 is 6.03 Å². The van der Waals surface area contributed by atoms with E-state index in [4.69, 9.17) is 0 Å². The topological polar surface area (TPSA) is 89.9 Å². The van der Waals surface area contributed by atoms with Crippen molar-refractivity contribution in [1.29, 1.82) is 0 Å². The fraction of sp³-hybridized carbons (Fsp3) is 0.348. The molecule has 0 spiro atoms. The Bertz CT molecular complexity index is 940. The fourth-order valence-electron chi connectivity index (χ4n) is 3.69. The third-order valence-corrected chi connectivity index (χ3v) is 5.58. The van der Waals surface area contributed by atoms with E-state index in [1.54, 1.807) is 13.0 Å². The number of ketones is 1. The van der Waals surface area contributed by atoms with E-state index in [2.05, 4.69) is 10.2 Å². The first-order valence-corrected chi connectivity index (χ1v) is 10.2. The van der Waals surface area contributed by atoms with Gasteiger partial charge in [0.2, 0.25) is 6.41 Å². The minimum Gasteiger partial charge on any atom is -0.508 e. The zero-order chi connectivity index (χ0) is 22.4. The van der Waals surface area contributed by atoms with Crippen molar-refractivity contribution in [2.75, 3.05) is 31.5 Å². The number of nitrogens with one attached hydrogen (secondary N) is 1. The van der Waals surface area contributed by atoms with Gasteiger partial charge in [0.15, 0.2) is 5.78 Å². The van der Waals surface area contributed by atoms with Gasteiger partial charge in [0.1, 0.15) is 11.6 Å². The van der Waals surface area contributed by atoms with Crippen molar-refractivity contribution in [3.63, 3.8) is 0 Å². The van der Waals surface area contributed by atoms with Crippen molar-refractivity contribution in [3.8, 4) is 5.75 Å². The zero-order valence-corrected chi connectivity index (χ0v) is 17.4. The van der Waals surface area contributed by atoms with Crippen LogP contribution in [0, 0.1) is 18.7 Å². The molecule has 164 valence electrons. The highest BCUT2D eigenvalue weighted by Gasteiger charge is 2.26. The van der Waals surface area contributed by atoms with Gasteiger partial charge < -0.3 is 15.3 Å². The molecule has 1 aliphatic heterocycles. The first-order valence-electron chi connectivity index (χ1n) is 10.2. The summed E-state index contributed by atoms with van der Waals surface area (Å²) in [5.41, 5.74) is 1.73. The van der Waals surface area contributed by atoms with E-state index in [-0.39, 0.29) is 29.8 Å². The molecule has 1 heterocycles. The summed E-state index contributed by atoms with van der Waals surface area (Å²) < 4.78 is 13.1. The molecule has 1 fully saturated rings. The lowest BCUT2D eigenvalue weighted by molar-refractivity contribution is -0.115. The van der Waals surface area contributed by atoms with Crippen molar-refractivity contribution in [2.45, 2.75) is 19.8 Å². The number of carbonyl (C=O) groups is 3. The second-order valence-corrected chi connectivity index (χ2v) is 7.72. The number of rotatable bonds is 7. The second kappa shape index (κ2) is 10.2. The number of halogens is 1. The van der Waals surface area contributed by atoms with Gasteiger partial charge in [0, 0.05) is 30.3 Å². The number of phenols is 1. The molecule has 0 saturated carbocycles. The molecule has 0 atom stereocenters. The van der Waals surface area contributed by atoms with Gasteiger partial charge in [0.25, 0.3) is 0 Å². The molecule has 1 saturated heterocycles. The molecule has 0 aromatic heterocycles. The van der Waals surface area contributed by atoms with Crippen molar-refractivity contribution in [1.82, 2.24) is 9.80 Å². The van der Waals surface area contributed by atoms with E-state index in [0.29, 0.717) is 55.7 Å². The summed E-state index contributed by atoms with van der Waals surface area (Å²) >= 11 is 0. The molecule has 2 aromatic rings. The average Bonchev–Trinajstić information content (AvgIpc) is 2.76. The van der Waals surface area contributed by atoms with Gasteiger partial charge in [-0.15, -0.1) is 0 Å². The fourth-order valence-corrected chi connectivity index (χ4v) is 3.69. The summed E-state index contributed by atoms with van der Waals surface area (Å²) in [7, 11) is 0. The van der Waals surface area contributed by atoms with E-state index >= 15 is 0 Å². The predicted octanol–water partition coefficient (Wildman–Crippen LogP) is 3.42. The Kier molecular flexibility index (Phi) is 7.36. The Morgan fingerprint density at radius 3 is 2.48 bits per heavy atom. The van der Waals surface area contributed by atoms with E-state index in [1.165, 1.54) is 36.4 Å². The molecule has 7 nitrogen and oxygen atoms in total. The molecular formula is C23H26FN3O4. The number of imide groups is 1. The number of Topliss-reactive ketones (excluding diaryl/α,β-unsaturated/α-hetero) is 1. The van der Waals surface area contributed by atoms with Crippen LogP contribution in [0.1, 0.15) is 28.8 Å². The molecule has 0 radical (unpaired) electrons. The minimum atomic E-state index is -0.537. The highest BCUT2D eigenvalue weighted by atomic mass is 19.1. The van der Waals surface area contributed by atoms with E-state index < -0.39 is 6.03 Å². The summed E-state index contributed by atoms with van der Waals surface area (Å²) in [6.07, 6.45) is 1.85. The first-order chi connectivity index (χ1) is 14.9. The smallest absolute Gasteiger partial charge is 0.328 e. The van der Waals surface area contributed by atoms with Crippen LogP contribution in [0.15, 0.2) is 42.5 Å². The first kappa shape index (κ1) is 22.4. The number of anilines is 1. The highest BCUT2D eigenvalue weighted by Crippen LogP contribution is 2.22. The molecule has 3 rings (SSSR count). The molecule has 0 aliphatic carbocycles. The van der Waals surface area contributed by atoms with E-state index in [1.807, 2.05) is 0 Å². The third-order valence-electron chi connectivity index (χ3n) is 5.58. The van der Waals surface area contributed by atoms with Gasteiger partial charge in [-0.1, -0.05) is 0 Å². The van der Waals surface area contributed by atoms with Gasteiger partial charge in [-0.25, -0.2) is 9.18 Å². The lowest BCUT2D eigenvalue weighted by Crippen LogP contribution is -2.43. The molecular weight excluding hydrogens is 401 g/mol. The van der Waals surface area contributed by atoms with Crippen molar-refractivity contribution < 1.29 is 23.9 Å². The van der Waals surface area contributed by atoms with Crippen LogP contribution in [0.2, 0.25) is 0 Å². The summed E-state index contributed by atoms with van der Waals surface area (Å²) in [5.74, 6) is -0.345. The number of hydrogen-bond donors (Lipinski definition) is 2. The number of amides is 3. The number of piperidine rings is 1. The van der Waals surface area contributed by atoms with Crippen LogP contribution in [-0.4, -0.2) is 59.3 Å². The standard InChI is InChI=1S/C23H26FN3O4/c1-16-14-20(29)6-7-21(16)25-23(31)27(15-28)13-12-26-10-8-18(9-11-26)22(30)17-2-4-19(24)5-3-17/h2-7,14-15,18,29H,8-13H2,1H3,(H,25,31). The Labute approximate surface area is 180 Å². The number of likely N-dealkylation sites (tertiary alicyclic amines) is 1. The number of hydrogen-bond acceptors (Lipinski definition) is 5. The highest BCUT2D eigenvalue weighted by molar-refractivity contribution is 5.98. The Morgan fingerprint density at radius 2 is 1.87 bits per heavy atom. The van der Waals surface area contributed by atoms with Crippen LogP contribution in [-0.2, 0) is 4.79 Å². The molecule has 3 amide bonds. The van der Waals surface area contributed by atoms with E-state index in [0.717, 1.165) is 4.90 Å². The number of aromatic hydroxyl groups is 1. The molecule has 2 aromatic carbocycles. The van der Waals surface area contributed by atoms with Crippen LogP contribution < -0.4 is 5.32 Å². The largest absolute Gasteiger partial charge is 0.508 e. The zero-order valence-electron chi connectivity index (χ0n) is 17.4. The maximum Gasteiger partial charge on any atom is 0.328 e. The summed E-state index contributed by atoms with van der Waals surface area (Å²) in [6, 6.07) is 9.64. The van der Waals surface area contributed by atoms with E-state index in [9.17, 15) is 23.9 Å². The van der Waals surface area contributed by atoms with Crippen molar-refractivity contribution in [2.24, 2.45) is 5.92 Å². The third kappa shape index (κ3) is 5.88. The van der Waals surface area contributed by atoms with Crippen molar-refractivity contribution >= 4 is 23.9 Å². The summed E-state index contributed by atoms with van der Waals surface area (Å²) in [6.45, 7) is 3.85. The molecule has 2 N–H and O–H groups in total. The quantitative estimate of drug-likeness (QED) is 0.401. The minimum absolute atomic E-state index is 0.0258. The molecule has 31 heavy (non-hydrogen) atoms. The van der Waals surface area contributed by atoms with Gasteiger partial charge in [-0.05, 0) is 80.9 Å². The molecule has 0 bridgehead atoms. The number of nitrogens with zero attached hydrogens (tertiary/aromatic N) is 2. The maximum absolute atomic E-state index is 13.1.